The highest BCUT2D eigenvalue weighted by atomic mass is 35.5. The lowest BCUT2D eigenvalue weighted by molar-refractivity contribution is -0.0487. The van der Waals surface area contributed by atoms with Crippen LogP contribution in [0, 0.1) is 5.92 Å². The van der Waals surface area contributed by atoms with E-state index in [0.29, 0.717) is 6.10 Å². The Morgan fingerprint density at radius 3 is 2.50 bits per heavy atom. The third-order valence-electron chi connectivity index (χ3n) is 4.37. The van der Waals surface area contributed by atoms with E-state index in [4.69, 9.17) is 22.1 Å². The lowest BCUT2D eigenvalue weighted by Gasteiger charge is -2.33. The van der Waals surface area contributed by atoms with Crippen LogP contribution in [0.15, 0.2) is 24.3 Å². The maximum atomic E-state index is 6.35. The van der Waals surface area contributed by atoms with Crippen molar-refractivity contribution in [1.82, 2.24) is 0 Å². The van der Waals surface area contributed by atoms with Crippen molar-refractivity contribution in [2.45, 2.75) is 64.2 Å². The second-order valence-corrected chi connectivity index (χ2v) is 6.44. The SMILES string of the molecule is CCC(N)C(OC1CCC(C)CC1)c1ccccc1Cl. The molecule has 0 aromatic heterocycles. The van der Waals surface area contributed by atoms with E-state index in [9.17, 15) is 0 Å². The minimum atomic E-state index is -0.0906. The van der Waals surface area contributed by atoms with Crippen LogP contribution < -0.4 is 5.73 Å². The molecule has 1 saturated carbocycles. The molecule has 2 N–H and O–H groups in total. The number of halogens is 1. The summed E-state index contributed by atoms with van der Waals surface area (Å²) in [5.41, 5.74) is 7.31. The van der Waals surface area contributed by atoms with E-state index in [1.807, 2.05) is 24.3 Å². The van der Waals surface area contributed by atoms with Gasteiger partial charge in [0.05, 0.1) is 12.2 Å². The number of hydrogen-bond acceptors (Lipinski definition) is 2. The van der Waals surface area contributed by atoms with Crippen molar-refractivity contribution in [1.29, 1.82) is 0 Å². The smallest absolute Gasteiger partial charge is 0.0993 e. The fourth-order valence-corrected chi connectivity index (χ4v) is 3.14. The third kappa shape index (κ3) is 3.97. The molecule has 1 aliphatic carbocycles. The number of hydrogen-bond donors (Lipinski definition) is 1. The Kier molecular flexibility index (Phi) is 5.88. The first kappa shape index (κ1) is 15.8. The first-order valence-corrected chi connectivity index (χ1v) is 8.15. The molecule has 0 heterocycles. The van der Waals surface area contributed by atoms with Crippen LogP contribution in [0.4, 0.5) is 0 Å². The van der Waals surface area contributed by atoms with E-state index in [1.165, 1.54) is 12.8 Å². The van der Waals surface area contributed by atoms with Gasteiger partial charge in [0.25, 0.3) is 0 Å². The number of nitrogens with two attached hydrogens (primary N) is 1. The molecular weight excluding hydrogens is 270 g/mol. The fraction of sp³-hybridized carbons (Fsp3) is 0.647. The van der Waals surface area contributed by atoms with Crippen LogP contribution in [-0.4, -0.2) is 12.1 Å². The van der Waals surface area contributed by atoms with E-state index >= 15 is 0 Å². The van der Waals surface area contributed by atoms with Crippen LogP contribution in [-0.2, 0) is 4.74 Å². The average Bonchev–Trinajstić information content (AvgIpc) is 2.47. The maximum absolute atomic E-state index is 6.35. The van der Waals surface area contributed by atoms with Crippen LogP contribution in [0.25, 0.3) is 0 Å². The Balaban J connectivity index is 2.10. The van der Waals surface area contributed by atoms with Crippen LogP contribution in [0.3, 0.4) is 0 Å². The van der Waals surface area contributed by atoms with Crippen molar-refractivity contribution in [2.75, 3.05) is 0 Å². The fourth-order valence-electron chi connectivity index (χ4n) is 2.90. The maximum Gasteiger partial charge on any atom is 0.0993 e. The standard InChI is InChI=1S/C17H26ClNO/c1-3-16(19)17(14-6-4-5-7-15(14)18)20-13-10-8-12(2)9-11-13/h4-7,12-13,16-17H,3,8-11,19H2,1-2H3. The van der Waals surface area contributed by atoms with E-state index in [0.717, 1.165) is 35.8 Å². The summed E-state index contributed by atoms with van der Waals surface area (Å²) in [6, 6.07) is 7.90. The molecule has 1 aromatic rings. The predicted octanol–water partition coefficient (Wildman–Crippen LogP) is 4.71. The molecule has 0 amide bonds. The van der Waals surface area contributed by atoms with E-state index in [-0.39, 0.29) is 12.1 Å². The number of rotatable bonds is 5. The van der Waals surface area contributed by atoms with Crippen LogP contribution in [0.1, 0.15) is 57.6 Å². The second-order valence-electron chi connectivity index (χ2n) is 6.03. The largest absolute Gasteiger partial charge is 0.369 e. The van der Waals surface area contributed by atoms with Crippen LogP contribution in [0.5, 0.6) is 0 Å². The first-order chi connectivity index (χ1) is 9.61. The molecule has 2 nitrogen and oxygen atoms in total. The summed E-state index contributed by atoms with van der Waals surface area (Å²) >= 11 is 6.33. The van der Waals surface area contributed by atoms with Gasteiger partial charge in [0.2, 0.25) is 0 Å². The molecule has 1 aliphatic rings. The average molecular weight is 296 g/mol. The molecular formula is C17H26ClNO. The topological polar surface area (TPSA) is 35.2 Å². The molecule has 20 heavy (non-hydrogen) atoms. The lowest BCUT2D eigenvalue weighted by atomic mass is 9.88. The van der Waals surface area contributed by atoms with E-state index < -0.39 is 0 Å². The Labute approximate surface area is 127 Å². The Bertz CT molecular complexity index is 415. The summed E-state index contributed by atoms with van der Waals surface area (Å²) < 4.78 is 6.35. The molecule has 1 aromatic carbocycles. The first-order valence-electron chi connectivity index (χ1n) is 7.77. The van der Waals surface area contributed by atoms with Crippen molar-refractivity contribution < 1.29 is 4.74 Å². The van der Waals surface area contributed by atoms with E-state index in [1.54, 1.807) is 0 Å². The normalized spacial score (nSPS) is 26.2. The molecule has 2 rings (SSSR count). The second kappa shape index (κ2) is 7.44. The quantitative estimate of drug-likeness (QED) is 0.853. The van der Waals surface area contributed by atoms with Crippen molar-refractivity contribution in [3.8, 4) is 0 Å². The van der Waals surface area contributed by atoms with Gasteiger partial charge in [-0.05, 0) is 44.1 Å². The summed E-state index contributed by atoms with van der Waals surface area (Å²) in [5, 5.41) is 0.755. The van der Waals surface area contributed by atoms with Crippen molar-refractivity contribution >= 4 is 11.6 Å². The van der Waals surface area contributed by atoms with Gasteiger partial charge >= 0.3 is 0 Å². The summed E-state index contributed by atoms with van der Waals surface area (Å²) in [6.07, 6.45) is 5.90. The van der Waals surface area contributed by atoms with Crippen LogP contribution in [0.2, 0.25) is 5.02 Å². The van der Waals surface area contributed by atoms with Gasteiger partial charge in [-0.25, -0.2) is 0 Å². The van der Waals surface area contributed by atoms with Gasteiger partial charge in [-0.15, -0.1) is 0 Å². The highest BCUT2D eigenvalue weighted by molar-refractivity contribution is 6.31. The lowest BCUT2D eigenvalue weighted by Crippen LogP contribution is -2.33. The minimum absolute atomic E-state index is 0.00532. The molecule has 2 atom stereocenters. The van der Waals surface area contributed by atoms with E-state index in [2.05, 4.69) is 13.8 Å². The highest BCUT2D eigenvalue weighted by Crippen LogP contribution is 2.34. The molecule has 2 unspecified atom stereocenters. The Morgan fingerprint density at radius 1 is 1.25 bits per heavy atom. The molecule has 0 radical (unpaired) electrons. The Hall–Kier alpha value is -0.570. The summed E-state index contributed by atoms with van der Waals surface area (Å²) in [6.45, 7) is 4.42. The van der Waals surface area contributed by atoms with Crippen molar-refractivity contribution in [3.63, 3.8) is 0 Å². The zero-order valence-corrected chi connectivity index (χ0v) is 13.3. The zero-order valence-electron chi connectivity index (χ0n) is 12.5. The molecule has 0 spiro atoms. The molecule has 0 aliphatic heterocycles. The van der Waals surface area contributed by atoms with Gasteiger partial charge in [-0.1, -0.05) is 43.6 Å². The third-order valence-corrected chi connectivity index (χ3v) is 4.72. The zero-order chi connectivity index (χ0) is 14.5. The van der Waals surface area contributed by atoms with Gasteiger partial charge < -0.3 is 10.5 Å². The van der Waals surface area contributed by atoms with Crippen molar-refractivity contribution in [3.05, 3.63) is 34.9 Å². The molecule has 0 bridgehead atoms. The number of ether oxygens (including phenoxy) is 1. The van der Waals surface area contributed by atoms with Crippen LogP contribution >= 0.6 is 11.6 Å². The molecule has 1 fully saturated rings. The number of benzene rings is 1. The van der Waals surface area contributed by atoms with Gasteiger partial charge in [-0.2, -0.15) is 0 Å². The molecule has 0 saturated heterocycles. The Morgan fingerprint density at radius 2 is 1.90 bits per heavy atom. The van der Waals surface area contributed by atoms with Gasteiger partial charge in [-0.3, -0.25) is 0 Å². The minimum Gasteiger partial charge on any atom is -0.369 e. The summed E-state index contributed by atoms with van der Waals surface area (Å²) in [7, 11) is 0. The predicted molar refractivity (Wildman–Crippen MR) is 85.0 cm³/mol. The highest BCUT2D eigenvalue weighted by Gasteiger charge is 2.27. The van der Waals surface area contributed by atoms with Crippen molar-refractivity contribution in [2.24, 2.45) is 11.7 Å². The van der Waals surface area contributed by atoms with Gasteiger partial charge in [0.15, 0.2) is 0 Å². The molecule has 112 valence electrons. The summed E-state index contributed by atoms with van der Waals surface area (Å²) in [4.78, 5) is 0. The summed E-state index contributed by atoms with van der Waals surface area (Å²) in [5.74, 6) is 0.827. The van der Waals surface area contributed by atoms with Gasteiger partial charge in [0, 0.05) is 16.6 Å². The monoisotopic (exact) mass is 295 g/mol. The van der Waals surface area contributed by atoms with Gasteiger partial charge in [0.1, 0.15) is 0 Å². The molecule has 3 heteroatoms.